The molecule has 3 rings (SSSR count). The van der Waals surface area contributed by atoms with Gasteiger partial charge in [-0.05, 0) is 69.0 Å². The SMILES string of the molecule is CCNC(CC1CCCc2ccccc21)C1(C)CCCO1. The van der Waals surface area contributed by atoms with Crippen LogP contribution in [0.2, 0.25) is 0 Å². The average molecular weight is 287 g/mol. The molecule has 1 saturated heterocycles. The smallest absolute Gasteiger partial charge is 0.0807 e. The van der Waals surface area contributed by atoms with E-state index in [1.54, 1.807) is 11.1 Å². The molecule has 1 aromatic rings. The molecule has 1 fully saturated rings. The Morgan fingerprint density at radius 1 is 1.33 bits per heavy atom. The van der Waals surface area contributed by atoms with E-state index >= 15 is 0 Å². The number of hydrogen-bond donors (Lipinski definition) is 1. The van der Waals surface area contributed by atoms with Crippen LogP contribution in [0.25, 0.3) is 0 Å². The van der Waals surface area contributed by atoms with Crippen LogP contribution < -0.4 is 5.32 Å². The van der Waals surface area contributed by atoms with Gasteiger partial charge in [0.2, 0.25) is 0 Å². The molecular weight excluding hydrogens is 258 g/mol. The molecule has 1 aliphatic heterocycles. The fourth-order valence-corrected chi connectivity index (χ4v) is 4.25. The summed E-state index contributed by atoms with van der Waals surface area (Å²) in [6.45, 7) is 6.47. The number of fused-ring (bicyclic) bond motifs is 1. The second-order valence-corrected chi connectivity index (χ2v) is 6.90. The number of hydrogen-bond acceptors (Lipinski definition) is 2. The first-order valence-corrected chi connectivity index (χ1v) is 8.68. The van der Waals surface area contributed by atoms with Crippen molar-refractivity contribution in [1.82, 2.24) is 5.32 Å². The van der Waals surface area contributed by atoms with E-state index < -0.39 is 0 Å². The van der Waals surface area contributed by atoms with Crippen LogP contribution in [0, 0.1) is 0 Å². The summed E-state index contributed by atoms with van der Waals surface area (Å²) in [5.41, 5.74) is 3.19. The number of aryl methyl sites for hydroxylation is 1. The van der Waals surface area contributed by atoms with Crippen molar-refractivity contribution in [1.29, 1.82) is 0 Å². The van der Waals surface area contributed by atoms with E-state index in [2.05, 4.69) is 43.4 Å². The third kappa shape index (κ3) is 3.17. The molecule has 116 valence electrons. The van der Waals surface area contributed by atoms with E-state index in [4.69, 9.17) is 4.74 Å². The van der Waals surface area contributed by atoms with Gasteiger partial charge in [0.15, 0.2) is 0 Å². The van der Waals surface area contributed by atoms with Crippen LogP contribution in [0.5, 0.6) is 0 Å². The molecule has 21 heavy (non-hydrogen) atoms. The molecule has 1 aliphatic carbocycles. The van der Waals surface area contributed by atoms with Gasteiger partial charge in [-0.25, -0.2) is 0 Å². The monoisotopic (exact) mass is 287 g/mol. The van der Waals surface area contributed by atoms with Crippen molar-refractivity contribution in [2.75, 3.05) is 13.2 Å². The quantitative estimate of drug-likeness (QED) is 0.882. The Kier molecular flexibility index (Phi) is 4.66. The number of ether oxygens (including phenoxy) is 1. The van der Waals surface area contributed by atoms with Gasteiger partial charge in [0.1, 0.15) is 0 Å². The lowest BCUT2D eigenvalue weighted by molar-refractivity contribution is -0.0156. The fraction of sp³-hybridized carbons (Fsp3) is 0.684. The maximum absolute atomic E-state index is 6.12. The third-order valence-corrected chi connectivity index (χ3v) is 5.45. The zero-order chi connectivity index (χ0) is 14.7. The lowest BCUT2D eigenvalue weighted by atomic mass is 9.76. The lowest BCUT2D eigenvalue weighted by Crippen LogP contribution is -2.49. The first-order valence-electron chi connectivity index (χ1n) is 8.68. The maximum Gasteiger partial charge on any atom is 0.0807 e. The van der Waals surface area contributed by atoms with E-state index in [0.29, 0.717) is 12.0 Å². The zero-order valence-corrected chi connectivity index (χ0v) is 13.5. The van der Waals surface area contributed by atoms with Gasteiger partial charge in [-0.3, -0.25) is 0 Å². The van der Waals surface area contributed by atoms with Crippen LogP contribution in [0.4, 0.5) is 0 Å². The van der Waals surface area contributed by atoms with Crippen molar-refractivity contribution in [3.8, 4) is 0 Å². The van der Waals surface area contributed by atoms with Gasteiger partial charge < -0.3 is 10.1 Å². The highest BCUT2D eigenvalue weighted by Gasteiger charge is 2.39. The van der Waals surface area contributed by atoms with Gasteiger partial charge in [-0.2, -0.15) is 0 Å². The topological polar surface area (TPSA) is 21.3 Å². The molecule has 0 bridgehead atoms. The Hall–Kier alpha value is -0.860. The predicted molar refractivity (Wildman–Crippen MR) is 87.8 cm³/mol. The van der Waals surface area contributed by atoms with Crippen LogP contribution in [0.15, 0.2) is 24.3 Å². The Morgan fingerprint density at radius 3 is 2.95 bits per heavy atom. The zero-order valence-electron chi connectivity index (χ0n) is 13.5. The van der Waals surface area contributed by atoms with Gasteiger partial charge in [0.05, 0.1) is 5.60 Å². The molecule has 0 spiro atoms. The summed E-state index contributed by atoms with van der Waals surface area (Å²) in [6, 6.07) is 9.52. The summed E-state index contributed by atoms with van der Waals surface area (Å²) in [6.07, 6.45) is 7.53. The molecular formula is C19H29NO. The minimum Gasteiger partial charge on any atom is -0.374 e. The van der Waals surface area contributed by atoms with Crippen molar-refractivity contribution in [2.24, 2.45) is 0 Å². The molecule has 2 aliphatic rings. The van der Waals surface area contributed by atoms with Crippen molar-refractivity contribution in [2.45, 2.75) is 69.9 Å². The van der Waals surface area contributed by atoms with E-state index in [9.17, 15) is 0 Å². The van der Waals surface area contributed by atoms with E-state index in [1.807, 2.05) is 0 Å². The second-order valence-electron chi connectivity index (χ2n) is 6.90. The molecule has 0 aromatic heterocycles. The number of rotatable bonds is 5. The van der Waals surface area contributed by atoms with Gasteiger partial charge in [-0.15, -0.1) is 0 Å². The predicted octanol–water partition coefficient (Wildman–Crippen LogP) is 4.04. The summed E-state index contributed by atoms with van der Waals surface area (Å²) < 4.78 is 6.12. The molecule has 2 nitrogen and oxygen atoms in total. The number of nitrogens with one attached hydrogen (secondary N) is 1. The average Bonchev–Trinajstić information content (AvgIpc) is 2.95. The molecule has 1 aromatic carbocycles. The fourth-order valence-electron chi connectivity index (χ4n) is 4.25. The van der Waals surface area contributed by atoms with Gasteiger partial charge >= 0.3 is 0 Å². The van der Waals surface area contributed by atoms with Crippen molar-refractivity contribution < 1.29 is 4.74 Å². The van der Waals surface area contributed by atoms with Gasteiger partial charge in [0, 0.05) is 12.6 Å². The van der Waals surface area contributed by atoms with E-state index in [0.717, 1.165) is 13.2 Å². The highest BCUT2D eigenvalue weighted by molar-refractivity contribution is 5.32. The van der Waals surface area contributed by atoms with E-state index in [-0.39, 0.29) is 5.60 Å². The highest BCUT2D eigenvalue weighted by atomic mass is 16.5. The Balaban J connectivity index is 1.77. The summed E-state index contributed by atoms with van der Waals surface area (Å²) in [4.78, 5) is 0. The van der Waals surface area contributed by atoms with Gasteiger partial charge in [-0.1, -0.05) is 31.2 Å². The Labute approximate surface area is 129 Å². The molecule has 0 radical (unpaired) electrons. The normalized spacial score (nSPS) is 30.1. The largest absolute Gasteiger partial charge is 0.374 e. The standard InChI is InChI=1S/C19H29NO/c1-3-20-18(19(2)12-7-13-21-19)14-16-10-6-9-15-8-4-5-11-17(15)16/h4-5,8,11,16,18,20H,3,6-7,9-10,12-14H2,1-2H3. The van der Waals surface area contributed by atoms with Crippen LogP contribution in [0.3, 0.4) is 0 Å². The summed E-state index contributed by atoms with van der Waals surface area (Å²) in [5, 5.41) is 3.72. The molecule has 3 atom stereocenters. The third-order valence-electron chi connectivity index (χ3n) is 5.45. The van der Waals surface area contributed by atoms with Crippen LogP contribution in [0.1, 0.15) is 63.0 Å². The summed E-state index contributed by atoms with van der Waals surface area (Å²) in [7, 11) is 0. The van der Waals surface area contributed by atoms with Crippen molar-refractivity contribution in [3.63, 3.8) is 0 Å². The second kappa shape index (κ2) is 6.50. The lowest BCUT2D eigenvalue weighted by Gasteiger charge is -2.37. The number of benzene rings is 1. The minimum atomic E-state index is 0.0302. The molecule has 3 unspecified atom stereocenters. The Morgan fingerprint density at radius 2 is 2.19 bits per heavy atom. The molecule has 1 heterocycles. The number of likely N-dealkylation sites (N-methyl/N-ethyl adjacent to an activating group) is 1. The molecule has 0 saturated carbocycles. The summed E-state index contributed by atoms with van der Waals surface area (Å²) >= 11 is 0. The molecule has 1 N–H and O–H groups in total. The molecule has 0 amide bonds. The first kappa shape index (κ1) is 15.1. The molecule has 2 heteroatoms. The van der Waals surface area contributed by atoms with Crippen LogP contribution >= 0.6 is 0 Å². The van der Waals surface area contributed by atoms with Crippen molar-refractivity contribution >= 4 is 0 Å². The van der Waals surface area contributed by atoms with Crippen molar-refractivity contribution in [3.05, 3.63) is 35.4 Å². The summed E-state index contributed by atoms with van der Waals surface area (Å²) in [5.74, 6) is 0.694. The first-order chi connectivity index (χ1) is 10.2. The highest BCUT2D eigenvalue weighted by Crippen LogP contribution is 2.39. The van der Waals surface area contributed by atoms with Crippen LogP contribution in [-0.2, 0) is 11.2 Å². The van der Waals surface area contributed by atoms with Gasteiger partial charge in [0.25, 0.3) is 0 Å². The minimum absolute atomic E-state index is 0.0302. The Bertz CT molecular complexity index is 464. The maximum atomic E-state index is 6.12. The van der Waals surface area contributed by atoms with Crippen LogP contribution in [-0.4, -0.2) is 24.8 Å². The van der Waals surface area contributed by atoms with E-state index in [1.165, 1.54) is 38.5 Å².